The second-order valence-corrected chi connectivity index (χ2v) is 8.63. The van der Waals surface area contributed by atoms with Crippen LogP contribution in [-0.2, 0) is 16.6 Å². The summed E-state index contributed by atoms with van der Waals surface area (Å²) in [5, 5.41) is 0. The number of hydrogen-bond acceptors (Lipinski definition) is 4. The summed E-state index contributed by atoms with van der Waals surface area (Å²) < 4.78 is 11.7. The molecule has 1 aliphatic carbocycles. The Hall–Kier alpha value is -2.56. The Kier molecular flexibility index (Phi) is 4.69. The van der Waals surface area contributed by atoms with Crippen LogP contribution in [0.4, 0.5) is 0 Å². The number of rotatable bonds is 3. The number of hydrogen-bond donors (Lipinski definition) is 0. The van der Waals surface area contributed by atoms with E-state index in [1.165, 1.54) is 24.0 Å². The summed E-state index contributed by atoms with van der Waals surface area (Å²) in [6, 6.07) is 8.36. The van der Waals surface area contributed by atoms with Crippen LogP contribution < -0.4 is 9.47 Å². The smallest absolute Gasteiger partial charge is 0.223 e. The molecule has 2 aromatic rings. The molecule has 2 aliphatic heterocycles. The van der Waals surface area contributed by atoms with E-state index in [0.29, 0.717) is 19.6 Å². The van der Waals surface area contributed by atoms with Gasteiger partial charge in [-0.2, -0.15) is 0 Å². The molecule has 29 heavy (non-hydrogen) atoms. The van der Waals surface area contributed by atoms with Gasteiger partial charge in [-0.15, -0.1) is 0 Å². The van der Waals surface area contributed by atoms with Gasteiger partial charge in [-0.25, -0.2) is 0 Å². The van der Waals surface area contributed by atoms with Crippen LogP contribution in [0.1, 0.15) is 61.8 Å². The number of amides is 1. The molecule has 5 heteroatoms. The lowest BCUT2D eigenvalue weighted by Gasteiger charge is -2.46. The Morgan fingerprint density at radius 2 is 1.97 bits per heavy atom. The second kappa shape index (κ2) is 7.36. The quantitative estimate of drug-likeness (QED) is 0.786. The highest BCUT2D eigenvalue weighted by Crippen LogP contribution is 2.52. The molecule has 0 radical (unpaired) electrons. The van der Waals surface area contributed by atoms with Gasteiger partial charge in [-0.3, -0.25) is 9.78 Å². The molecule has 5 rings (SSSR count). The predicted molar refractivity (Wildman–Crippen MR) is 110 cm³/mol. The first kappa shape index (κ1) is 18.5. The minimum atomic E-state index is 0.0495. The summed E-state index contributed by atoms with van der Waals surface area (Å²) in [6.07, 6.45) is 9.59. The summed E-state index contributed by atoms with van der Waals surface area (Å²) in [6.45, 7) is 4.15. The van der Waals surface area contributed by atoms with Gasteiger partial charge in [0.25, 0.3) is 0 Å². The molecular formula is C24H28N2O3. The molecule has 5 nitrogen and oxygen atoms in total. The molecule has 0 saturated heterocycles. The maximum absolute atomic E-state index is 13.3. The summed E-state index contributed by atoms with van der Waals surface area (Å²) in [4.78, 5) is 19.5. The van der Waals surface area contributed by atoms with Crippen LogP contribution in [0.25, 0.3) is 0 Å². The Morgan fingerprint density at radius 3 is 2.69 bits per heavy atom. The molecule has 0 N–H and O–H groups in total. The highest BCUT2D eigenvalue weighted by molar-refractivity contribution is 5.78. The van der Waals surface area contributed by atoms with E-state index in [0.717, 1.165) is 42.9 Å². The number of ether oxygens (including phenoxy) is 2. The molecule has 1 aromatic carbocycles. The fourth-order valence-corrected chi connectivity index (χ4v) is 5.35. The fourth-order valence-electron chi connectivity index (χ4n) is 5.35. The van der Waals surface area contributed by atoms with Crippen LogP contribution in [0, 0.1) is 0 Å². The van der Waals surface area contributed by atoms with E-state index in [9.17, 15) is 4.79 Å². The summed E-state index contributed by atoms with van der Waals surface area (Å²) in [5.41, 5.74) is 3.78. The normalized spacial score (nSPS) is 21.8. The number of nitrogens with zero attached hydrogens (tertiary/aromatic N) is 2. The van der Waals surface area contributed by atoms with Gasteiger partial charge < -0.3 is 14.4 Å². The molecule has 3 aliphatic rings. The van der Waals surface area contributed by atoms with E-state index >= 15 is 0 Å². The Morgan fingerprint density at radius 1 is 1.21 bits per heavy atom. The Labute approximate surface area is 172 Å². The van der Waals surface area contributed by atoms with Gasteiger partial charge in [0.2, 0.25) is 5.91 Å². The third kappa shape index (κ3) is 3.26. The van der Waals surface area contributed by atoms with E-state index in [1.54, 1.807) is 6.20 Å². The van der Waals surface area contributed by atoms with Crippen molar-refractivity contribution in [2.45, 2.75) is 56.9 Å². The molecular weight excluding hydrogens is 364 g/mol. The van der Waals surface area contributed by atoms with E-state index in [2.05, 4.69) is 28.9 Å². The van der Waals surface area contributed by atoms with Gasteiger partial charge in [0, 0.05) is 30.8 Å². The van der Waals surface area contributed by atoms with E-state index in [1.807, 2.05) is 18.3 Å². The molecule has 1 amide bonds. The van der Waals surface area contributed by atoms with E-state index in [4.69, 9.17) is 9.47 Å². The van der Waals surface area contributed by atoms with E-state index < -0.39 is 0 Å². The van der Waals surface area contributed by atoms with Crippen molar-refractivity contribution in [1.29, 1.82) is 0 Å². The zero-order valence-corrected chi connectivity index (χ0v) is 17.0. The molecule has 152 valence electrons. The highest BCUT2D eigenvalue weighted by atomic mass is 16.6. The first-order valence-corrected chi connectivity index (χ1v) is 10.8. The van der Waals surface area contributed by atoms with Crippen molar-refractivity contribution >= 4 is 5.91 Å². The first-order valence-electron chi connectivity index (χ1n) is 10.8. The van der Waals surface area contributed by atoms with E-state index in [-0.39, 0.29) is 17.4 Å². The van der Waals surface area contributed by atoms with Crippen molar-refractivity contribution < 1.29 is 14.3 Å². The molecule has 1 spiro atoms. The van der Waals surface area contributed by atoms with Crippen molar-refractivity contribution in [3.8, 4) is 11.5 Å². The first-order chi connectivity index (χ1) is 14.2. The van der Waals surface area contributed by atoms with Crippen LogP contribution in [0.5, 0.6) is 11.5 Å². The average molecular weight is 392 g/mol. The third-order valence-electron chi connectivity index (χ3n) is 6.91. The minimum Gasteiger partial charge on any atom is -0.486 e. The summed E-state index contributed by atoms with van der Waals surface area (Å²) in [7, 11) is 0. The van der Waals surface area contributed by atoms with Gasteiger partial charge in [0.15, 0.2) is 11.5 Å². The van der Waals surface area contributed by atoms with Crippen LogP contribution in [-0.4, -0.2) is 35.5 Å². The third-order valence-corrected chi connectivity index (χ3v) is 6.91. The minimum absolute atomic E-state index is 0.0495. The molecule has 1 unspecified atom stereocenters. The largest absolute Gasteiger partial charge is 0.486 e. The monoisotopic (exact) mass is 392 g/mol. The molecule has 1 atom stereocenters. The predicted octanol–water partition coefficient (Wildman–Crippen LogP) is 4.20. The zero-order valence-electron chi connectivity index (χ0n) is 17.0. The Bertz CT molecular complexity index is 906. The second-order valence-electron chi connectivity index (χ2n) is 8.63. The highest BCUT2D eigenvalue weighted by Gasteiger charge is 2.46. The lowest BCUT2D eigenvalue weighted by molar-refractivity contribution is -0.135. The van der Waals surface area contributed by atoms with Crippen LogP contribution in [0.2, 0.25) is 0 Å². The number of fused-ring (bicyclic) bond motifs is 3. The summed E-state index contributed by atoms with van der Waals surface area (Å²) in [5.74, 6) is 1.91. The Balaban J connectivity index is 1.45. The molecule has 1 aromatic heterocycles. The molecule has 1 fully saturated rings. The van der Waals surface area contributed by atoms with Crippen LogP contribution in [0.3, 0.4) is 0 Å². The van der Waals surface area contributed by atoms with Crippen LogP contribution >= 0.6 is 0 Å². The maximum atomic E-state index is 13.3. The molecule has 1 saturated carbocycles. The lowest BCUT2D eigenvalue weighted by Crippen LogP contribution is -2.48. The average Bonchev–Trinajstić information content (AvgIpc) is 3.24. The number of benzene rings is 1. The van der Waals surface area contributed by atoms with Crippen molar-refractivity contribution in [3.63, 3.8) is 0 Å². The summed E-state index contributed by atoms with van der Waals surface area (Å²) >= 11 is 0. The number of pyridine rings is 1. The molecule has 3 heterocycles. The number of carbonyl (C=O) groups is 1. The van der Waals surface area contributed by atoms with Gasteiger partial charge in [-0.1, -0.05) is 18.9 Å². The van der Waals surface area contributed by atoms with Gasteiger partial charge >= 0.3 is 0 Å². The van der Waals surface area contributed by atoms with Crippen molar-refractivity contribution in [1.82, 2.24) is 9.88 Å². The topological polar surface area (TPSA) is 51.7 Å². The van der Waals surface area contributed by atoms with Gasteiger partial charge in [-0.05, 0) is 61.1 Å². The zero-order chi connectivity index (χ0) is 19.8. The van der Waals surface area contributed by atoms with Crippen molar-refractivity contribution in [2.75, 3.05) is 19.8 Å². The lowest BCUT2D eigenvalue weighted by atomic mass is 9.71. The SMILES string of the molecule is CC1c2cc3c(cc2C2(CCCC2)CN1C(=O)CCc1cccnc1)OCCO3. The van der Waals surface area contributed by atoms with Crippen molar-refractivity contribution in [3.05, 3.63) is 53.3 Å². The fraction of sp³-hybridized carbons (Fsp3) is 0.500. The standard InChI is InChI=1S/C24H28N2O3/c1-17-19-13-21-22(29-12-11-28-21)14-20(19)24(8-2-3-9-24)16-26(17)23(27)7-6-18-5-4-10-25-15-18/h4-5,10,13-15,17H,2-3,6-9,11-12,16H2,1H3. The van der Waals surface area contributed by atoms with Crippen LogP contribution in [0.15, 0.2) is 36.7 Å². The number of carbonyl (C=O) groups excluding carboxylic acids is 1. The number of aryl methyl sites for hydroxylation is 1. The van der Waals surface area contributed by atoms with Gasteiger partial charge in [0.1, 0.15) is 13.2 Å². The van der Waals surface area contributed by atoms with Crippen molar-refractivity contribution in [2.24, 2.45) is 0 Å². The molecule has 0 bridgehead atoms. The maximum Gasteiger partial charge on any atom is 0.223 e. The number of aromatic nitrogens is 1. The van der Waals surface area contributed by atoms with Gasteiger partial charge in [0.05, 0.1) is 6.04 Å².